The van der Waals surface area contributed by atoms with Crippen molar-refractivity contribution in [3.05, 3.63) is 28.5 Å². The predicted molar refractivity (Wildman–Crippen MR) is 75.8 cm³/mol. The Kier molecular flexibility index (Phi) is 3.50. The van der Waals surface area contributed by atoms with Crippen LogP contribution in [0.15, 0.2) is 22.7 Å². The van der Waals surface area contributed by atoms with E-state index in [9.17, 15) is 14.0 Å². The fraction of sp³-hybridized carbons (Fsp3) is 0.429. The Morgan fingerprint density at radius 1 is 1.25 bits per heavy atom. The first-order chi connectivity index (χ1) is 9.58. The van der Waals surface area contributed by atoms with Gasteiger partial charge in [-0.25, -0.2) is 4.39 Å². The number of carbonyl (C=O) groups excluding carboxylic acids is 2. The number of halogens is 2. The molecule has 0 aliphatic carbocycles. The summed E-state index contributed by atoms with van der Waals surface area (Å²) in [4.78, 5) is 27.6. The number of amides is 2. The Morgan fingerprint density at radius 3 is 2.80 bits per heavy atom. The molecule has 0 saturated carbocycles. The van der Waals surface area contributed by atoms with Gasteiger partial charge in [0.05, 0.1) is 5.69 Å². The molecule has 1 aromatic carbocycles. The lowest BCUT2D eigenvalue weighted by Gasteiger charge is -2.25. The molecule has 0 bridgehead atoms. The molecule has 2 amide bonds. The van der Waals surface area contributed by atoms with Crippen molar-refractivity contribution in [2.75, 3.05) is 18.0 Å². The van der Waals surface area contributed by atoms with Crippen LogP contribution in [0.3, 0.4) is 0 Å². The fourth-order valence-corrected chi connectivity index (χ4v) is 3.24. The van der Waals surface area contributed by atoms with Crippen molar-refractivity contribution >= 4 is 33.4 Å². The molecule has 2 saturated heterocycles. The lowest BCUT2D eigenvalue weighted by atomic mass is 10.2. The molecule has 1 atom stereocenters. The van der Waals surface area contributed by atoms with E-state index in [1.165, 1.54) is 11.0 Å². The zero-order chi connectivity index (χ0) is 14.3. The van der Waals surface area contributed by atoms with Gasteiger partial charge < -0.3 is 9.80 Å². The topological polar surface area (TPSA) is 40.6 Å². The summed E-state index contributed by atoms with van der Waals surface area (Å²) in [5, 5.41) is 0. The van der Waals surface area contributed by atoms with Gasteiger partial charge in [-0.2, -0.15) is 0 Å². The maximum absolute atomic E-state index is 14.1. The number of carbonyl (C=O) groups is 2. The van der Waals surface area contributed by atoms with Crippen molar-refractivity contribution in [1.29, 1.82) is 0 Å². The molecule has 1 aromatic rings. The molecular formula is C14H14BrFN2O2. The van der Waals surface area contributed by atoms with Crippen molar-refractivity contribution in [1.82, 2.24) is 4.90 Å². The predicted octanol–water partition coefficient (Wildman–Crippen LogP) is 2.32. The first-order valence-corrected chi connectivity index (χ1v) is 7.43. The fourth-order valence-electron chi connectivity index (χ4n) is 2.90. The smallest absolute Gasteiger partial charge is 0.249 e. The van der Waals surface area contributed by atoms with Crippen molar-refractivity contribution in [2.24, 2.45) is 0 Å². The minimum absolute atomic E-state index is 0.0131. The summed E-state index contributed by atoms with van der Waals surface area (Å²) in [5.41, 5.74) is 0.250. The van der Waals surface area contributed by atoms with Gasteiger partial charge in [0.15, 0.2) is 0 Å². The quantitative estimate of drug-likeness (QED) is 0.787. The van der Waals surface area contributed by atoms with Crippen LogP contribution in [-0.4, -0.2) is 35.8 Å². The second kappa shape index (κ2) is 5.16. The van der Waals surface area contributed by atoms with Gasteiger partial charge in [0.1, 0.15) is 11.9 Å². The van der Waals surface area contributed by atoms with E-state index in [-0.39, 0.29) is 30.5 Å². The van der Waals surface area contributed by atoms with E-state index in [4.69, 9.17) is 0 Å². The third kappa shape index (κ3) is 2.22. The van der Waals surface area contributed by atoms with Gasteiger partial charge in [-0.15, -0.1) is 0 Å². The summed E-state index contributed by atoms with van der Waals surface area (Å²) in [6.07, 6.45) is 1.75. The number of hydrogen-bond acceptors (Lipinski definition) is 2. The first-order valence-electron chi connectivity index (χ1n) is 6.64. The van der Waals surface area contributed by atoms with E-state index in [0.717, 1.165) is 6.42 Å². The molecule has 106 valence electrons. The second-order valence-electron chi connectivity index (χ2n) is 5.08. The Labute approximate surface area is 124 Å². The molecule has 2 fully saturated rings. The molecule has 2 heterocycles. The minimum Gasteiger partial charge on any atom is -0.331 e. The Balaban J connectivity index is 1.96. The van der Waals surface area contributed by atoms with E-state index in [1.807, 2.05) is 0 Å². The molecule has 20 heavy (non-hydrogen) atoms. The zero-order valence-electron chi connectivity index (χ0n) is 10.8. The number of anilines is 1. The van der Waals surface area contributed by atoms with Crippen molar-refractivity contribution in [3.8, 4) is 0 Å². The van der Waals surface area contributed by atoms with Crippen molar-refractivity contribution in [2.45, 2.75) is 25.3 Å². The molecule has 2 aliphatic rings. The summed E-state index contributed by atoms with van der Waals surface area (Å²) >= 11 is 3.20. The summed E-state index contributed by atoms with van der Waals surface area (Å²) in [7, 11) is 0. The minimum atomic E-state index is -0.452. The lowest BCUT2D eigenvalue weighted by molar-refractivity contribution is -0.135. The Morgan fingerprint density at radius 2 is 2.05 bits per heavy atom. The zero-order valence-corrected chi connectivity index (χ0v) is 12.4. The highest BCUT2D eigenvalue weighted by molar-refractivity contribution is 9.10. The number of hydrogen-bond donors (Lipinski definition) is 0. The van der Waals surface area contributed by atoms with E-state index < -0.39 is 11.9 Å². The van der Waals surface area contributed by atoms with Crippen LogP contribution in [-0.2, 0) is 9.59 Å². The summed E-state index contributed by atoms with van der Waals surface area (Å²) in [6, 6.07) is 4.19. The largest absolute Gasteiger partial charge is 0.331 e. The highest BCUT2D eigenvalue weighted by Gasteiger charge is 2.40. The highest BCUT2D eigenvalue weighted by Crippen LogP contribution is 2.29. The summed E-state index contributed by atoms with van der Waals surface area (Å²) in [6.45, 7) is 0.870. The van der Waals surface area contributed by atoms with E-state index >= 15 is 0 Å². The van der Waals surface area contributed by atoms with Crippen LogP contribution < -0.4 is 4.90 Å². The number of fused-ring (bicyclic) bond motifs is 1. The molecule has 6 heteroatoms. The molecule has 0 N–H and O–H groups in total. The maximum Gasteiger partial charge on any atom is 0.249 e. The van der Waals surface area contributed by atoms with E-state index in [1.54, 1.807) is 17.0 Å². The Hall–Kier alpha value is -1.43. The second-order valence-corrected chi connectivity index (χ2v) is 6.00. The van der Waals surface area contributed by atoms with Crippen LogP contribution in [0.1, 0.15) is 19.3 Å². The number of benzene rings is 1. The van der Waals surface area contributed by atoms with Gasteiger partial charge in [0, 0.05) is 24.0 Å². The standard InChI is InChI=1S/C14H14BrFN2O2/c15-9-3-4-11(10(16)8-9)18-7-5-13(19)17-6-1-2-12(17)14(18)20/h3-4,8,12H,1-2,5-7H2. The highest BCUT2D eigenvalue weighted by atomic mass is 79.9. The van der Waals surface area contributed by atoms with E-state index in [0.29, 0.717) is 17.4 Å². The average molecular weight is 341 g/mol. The number of rotatable bonds is 1. The van der Waals surface area contributed by atoms with Gasteiger partial charge in [-0.1, -0.05) is 15.9 Å². The SMILES string of the molecule is O=C1C2CCCN2C(=O)CCN1c1ccc(Br)cc1F. The molecule has 0 radical (unpaired) electrons. The first kappa shape index (κ1) is 13.5. The van der Waals surface area contributed by atoms with Crippen LogP contribution in [0.2, 0.25) is 0 Å². The maximum atomic E-state index is 14.1. The van der Waals surface area contributed by atoms with Gasteiger partial charge in [0.25, 0.3) is 0 Å². The van der Waals surface area contributed by atoms with Crippen LogP contribution in [0.4, 0.5) is 10.1 Å². The summed E-state index contributed by atoms with van der Waals surface area (Å²) in [5.74, 6) is -0.637. The van der Waals surface area contributed by atoms with Gasteiger partial charge >= 0.3 is 0 Å². The normalized spacial score (nSPS) is 23.0. The van der Waals surface area contributed by atoms with Crippen LogP contribution >= 0.6 is 15.9 Å². The average Bonchev–Trinajstić information content (AvgIpc) is 2.85. The van der Waals surface area contributed by atoms with Crippen LogP contribution in [0.5, 0.6) is 0 Å². The third-order valence-corrected chi connectivity index (χ3v) is 4.37. The van der Waals surface area contributed by atoms with Gasteiger partial charge in [0.2, 0.25) is 11.8 Å². The third-order valence-electron chi connectivity index (χ3n) is 3.87. The summed E-state index contributed by atoms with van der Waals surface area (Å²) < 4.78 is 14.7. The monoisotopic (exact) mass is 340 g/mol. The van der Waals surface area contributed by atoms with Gasteiger partial charge in [-0.05, 0) is 31.0 Å². The molecule has 4 nitrogen and oxygen atoms in total. The number of nitrogens with zero attached hydrogens (tertiary/aromatic N) is 2. The molecule has 1 unspecified atom stereocenters. The molecule has 2 aliphatic heterocycles. The van der Waals surface area contributed by atoms with Gasteiger partial charge in [-0.3, -0.25) is 9.59 Å². The van der Waals surface area contributed by atoms with Crippen molar-refractivity contribution in [3.63, 3.8) is 0 Å². The van der Waals surface area contributed by atoms with Crippen LogP contribution in [0, 0.1) is 5.82 Å². The van der Waals surface area contributed by atoms with Crippen molar-refractivity contribution < 1.29 is 14.0 Å². The lowest BCUT2D eigenvalue weighted by Crippen LogP contribution is -2.44. The Bertz CT molecular complexity index is 578. The molecular weight excluding hydrogens is 327 g/mol. The van der Waals surface area contributed by atoms with Crippen LogP contribution in [0.25, 0.3) is 0 Å². The molecule has 0 spiro atoms. The van der Waals surface area contributed by atoms with E-state index in [2.05, 4.69) is 15.9 Å². The molecule has 3 rings (SSSR count). The molecule has 0 aromatic heterocycles.